The van der Waals surface area contributed by atoms with E-state index >= 15 is 0 Å². The molecule has 5 heteroatoms. The van der Waals surface area contributed by atoms with Crippen molar-refractivity contribution in [1.82, 2.24) is 4.98 Å². The molecule has 0 saturated carbocycles. The predicted molar refractivity (Wildman–Crippen MR) is 73.7 cm³/mol. The molecule has 2 N–H and O–H groups in total. The highest BCUT2D eigenvalue weighted by Crippen LogP contribution is 2.36. The number of benzene rings is 2. The molecule has 3 aromatic rings. The van der Waals surface area contributed by atoms with Crippen LogP contribution in [0.1, 0.15) is 10.4 Å². The minimum Gasteiger partial charge on any atom is -0.507 e. The number of aromatic carboxylic acids is 1. The maximum atomic E-state index is 11.2. The molecule has 0 aliphatic rings. The molecule has 19 heavy (non-hydrogen) atoms. The second-order valence-corrected chi connectivity index (χ2v) is 4.99. The number of para-hydroxylation sites is 1. The van der Waals surface area contributed by atoms with Crippen molar-refractivity contribution in [3.8, 4) is 16.3 Å². The molecule has 1 aromatic heterocycles. The van der Waals surface area contributed by atoms with Crippen molar-refractivity contribution in [2.45, 2.75) is 0 Å². The van der Waals surface area contributed by atoms with Crippen LogP contribution in [0.4, 0.5) is 0 Å². The van der Waals surface area contributed by atoms with Crippen molar-refractivity contribution in [2.75, 3.05) is 0 Å². The molecule has 2 aromatic carbocycles. The number of carboxylic acids is 1. The van der Waals surface area contributed by atoms with Gasteiger partial charge in [-0.3, -0.25) is 0 Å². The van der Waals surface area contributed by atoms with Crippen molar-refractivity contribution < 1.29 is 15.0 Å². The third-order valence-corrected chi connectivity index (χ3v) is 3.92. The van der Waals surface area contributed by atoms with Crippen LogP contribution in [-0.4, -0.2) is 21.2 Å². The van der Waals surface area contributed by atoms with Crippen molar-refractivity contribution in [3.05, 3.63) is 48.0 Å². The number of rotatable bonds is 2. The van der Waals surface area contributed by atoms with Crippen LogP contribution in [0.2, 0.25) is 0 Å². The molecular formula is C14H9NO3S. The van der Waals surface area contributed by atoms with Gasteiger partial charge in [-0.1, -0.05) is 18.2 Å². The monoisotopic (exact) mass is 271 g/mol. The van der Waals surface area contributed by atoms with Gasteiger partial charge in [-0.25, -0.2) is 9.78 Å². The van der Waals surface area contributed by atoms with Gasteiger partial charge in [-0.05, 0) is 24.3 Å². The van der Waals surface area contributed by atoms with Crippen LogP contribution in [0.5, 0.6) is 5.75 Å². The van der Waals surface area contributed by atoms with Crippen LogP contribution in [0, 0.1) is 0 Å². The average Bonchev–Trinajstić information content (AvgIpc) is 2.82. The molecule has 0 fully saturated rings. The lowest BCUT2D eigenvalue weighted by atomic mass is 10.2. The van der Waals surface area contributed by atoms with Crippen LogP contribution in [0.3, 0.4) is 0 Å². The van der Waals surface area contributed by atoms with Gasteiger partial charge in [-0.15, -0.1) is 11.3 Å². The Morgan fingerprint density at radius 2 is 1.89 bits per heavy atom. The molecule has 0 bridgehead atoms. The van der Waals surface area contributed by atoms with Gasteiger partial charge in [0.2, 0.25) is 0 Å². The van der Waals surface area contributed by atoms with Gasteiger partial charge in [-0.2, -0.15) is 0 Å². The molecule has 0 radical (unpaired) electrons. The molecule has 1 heterocycles. The number of phenolic OH excluding ortho intramolecular Hbond substituents is 1. The Morgan fingerprint density at radius 1 is 1.11 bits per heavy atom. The minimum atomic E-state index is -0.974. The highest BCUT2D eigenvalue weighted by atomic mass is 32.1. The normalized spacial score (nSPS) is 10.7. The fourth-order valence-corrected chi connectivity index (χ4v) is 2.99. The zero-order valence-corrected chi connectivity index (χ0v) is 10.5. The Morgan fingerprint density at radius 3 is 2.63 bits per heavy atom. The summed E-state index contributed by atoms with van der Waals surface area (Å²) >= 11 is 1.27. The maximum Gasteiger partial charge on any atom is 0.337 e. The topological polar surface area (TPSA) is 70.4 Å². The fraction of sp³-hybridized carbons (Fsp3) is 0. The standard InChI is InChI=1S/C14H9NO3S/c16-11-7-2-1-4-8(11)13-15-10-6-3-5-9(14(17)18)12(10)19-13/h1-7,16H,(H,17,18). The van der Waals surface area contributed by atoms with E-state index < -0.39 is 5.97 Å². The summed E-state index contributed by atoms with van der Waals surface area (Å²) in [6.07, 6.45) is 0. The Balaban J connectivity index is 2.26. The van der Waals surface area contributed by atoms with E-state index in [-0.39, 0.29) is 11.3 Å². The summed E-state index contributed by atoms with van der Waals surface area (Å²) in [7, 11) is 0. The fourth-order valence-electron chi connectivity index (χ4n) is 1.89. The quantitative estimate of drug-likeness (QED) is 0.749. The summed E-state index contributed by atoms with van der Waals surface area (Å²) in [4.78, 5) is 15.5. The third kappa shape index (κ3) is 1.94. The first kappa shape index (κ1) is 11.7. The Labute approximate surface area is 112 Å². The van der Waals surface area contributed by atoms with E-state index in [1.165, 1.54) is 11.3 Å². The number of hydrogen-bond donors (Lipinski definition) is 2. The number of carbonyl (C=O) groups is 1. The van der Waals surface area contributed by atoms with Crippen LogP contribution >= 0.6 is 11.3 Å². The molecule has 0 aliphatic heterocycles. The summed E-state index contributed by atoms with van der Waals surface area (Å²) < 4.78 is 0.619. The van der Waals surface area contributed by atoms with E-state index in [0.717, 1.165) is 0 Å². The number of thiazole rings is 1. The highest BCUT2D eigenvalue weighted by Gasteiger charge is 2.15. The van der Waals surface area contributed by atoms with Crippen molar-refractivity contribution >= 4 is 27.5 Å². The van der Waals surface area contributed by atoms with E-state index in [2.05, 4.69) is 4.98 Å². The molecule has 0 atom stereocenters. The summed E-state index contributed by atoms with van der Waals surface area (Å²) in [5.41, 5.74) is 1.47. The first-order valence-corrected chi connectivity index (χ1v) is 6.39. The molecule has 0 amide bonds. The predicted octanol–water partition coefficient (Wildman–Crippen LogP) is 3.37. The summed E-state index contributed by atoms with van der Waals surface area (Å²) in [6, 6.07) is 11.9. The van der Waals surface area contributed by atoms with E-state index in [1.54, 1.807) is 42.5 Å². The SMILES string of the molecule is O=C(O)c1cccc2nc(-c3ccccc3O)sc12. The minimum absolute atomic E-state index is 0.137. The van der Waals surface area contributed by atoms with Gasteiger partial charge >= 0.3 is 5.97 Å². The molecule has 0 spiro atoms. The molecule has 4 nitrogen and oxygen atoms in total. The maximum absolute atomic E-state index is 11.2. The lowest BCUT2D eigenvalue weighted by Crippen LogP contribution is -1.95. The largest absolute Gasteiger partial charge is 0.507 e. The Bertz CT molecular complexity index is 779. The van der Waals surface area contributed by atoms with E-state index in [0.29, 0.717) is 20.8 Å². The number of hydrogen-bond acceptors (Lipinski definition) is 4. The van der Waals surface area contributed by atoms with Gasteiger partial charge < -0.3 is 10.2 Å². The number of nitrogens with zero attached hydrogens (tertiary/aromatic N) is 1. The van der Waals surface area contributed by atoms with Crippen LogP contribution < -0.4 is 0 Å². The lowest BCUT2D eigenvalue weighted by molar-refractivity contribution is 0.0699. The van der Waals surface area contributed by atoms with Gasteiger partial charge in [0.1, 0.15) is 10.8 Å². The highest BCUT2D eigenvalue weighted by molar-refractivity contribution is 7.22. The second kappa shape index (κ2) is 4.37. The number of carboxylic acid groups (broad SMARTS) is 1. The molecular weight excluding hydrogens is 262 g/mol. The number of aromatic hydroxyl groups is 1. The van der Waals surface area contributed by atoms with Crippen LogP contribution in [0.15, 0.2) is 42.5 Å². The van der Waals surface area contributed by atoms with Crippen molar-refractivity contribution in [2.24, 2.45) is 0 Å². The average molecular weight is 271 g/mol. The number of aromatic nitrogens is 1. The zero-order valence-electron chi connectivity index (χ0n) is 9.70. The van der Waals surface area contributed by atoms with E-state index in [4.69, 9.17) is 5.11 Å². The molecule has 0 unspecified atom stereocenters. The molecule has 3 rings (SSSR count). The van der Waals surface area contributed by atoms with Gasteiger partial charge in [0.15, 0.2) is 0 Å². The summed E-state index contributed by atoms with van der Waals surface area (Å²) in [5.74, 6) is -0.837. The first-order valence-electron chi connectivity index (χ1n) is 5.58. The number of phenols is 1. The van der Waals surface area contributed by atoms with Gasteiger partial charge in [0.05, 0.1) is 21.3 Å². The third-order valence-electron chi connectivity index (χ3n) is 2.78. The van der Waals surface area contributed by atoms with Crippen LogP contribution in [0.25, 0.3) is 20.8 Å². The Hall–Kier alpha value is -2.40. The molecule has 0 aliphatic carbocycles. The van der Waals surface area contributed by atoms with Crippen molar-refractivity contribution in [3.63, 3.8) is 0 Å². The van der Waals surface area contributed by atoms with E-state index in [9.17, 15) is 9.90 Å². The second-order valence-electron chi connectivity index (χ2n) is 4.00. The lowest BCUT2D eigenvalue weighted by Gasteiger charge is -1.98. The van der Waals surface area contributed by atoms with Crippen LogP contribution in [-0.2, 0) is 0 Å². The zero-order chi connectivity index (χ0) is 13.4. The van der Waals surface area contributed by atoms with Gasteiger partial charge in [0.25, 0.3) is 0 Å². The van der Waals surface area contributed by atoms with E-state index in [1.807, 2.05) is 0 Å². The smallest absolute Gasteiger partial charge is 0.337 e. The summed E-state index contributed by atoms with van der Waals surface area (Å²) in [5, 5.41) is 19.6. The first-order chi connectivity index (χ1) is 9.16. The molecule has 0 saturated heterocycles. The van der Waals surface area contributed by atoms with Gasteiger partial charge in [0, 0.05) is 0 Å². The molecule has 94 valence electrons. The number of fused-ring (bicyclic) bond motifs is 1. The van der Waals surface area contributed by atoms with Crippen molar-refractivity contribution in [1.29, 1.82) is 0 Å². The Kier molecular flexibility index (Phi) is 2.68. The summed E-state index contributed by atoms with van der Waals surface area (Å²) in [6.45, 7) is 0.